The quantitative estimate of drug-likeness (QED) is 0.0953. The fourth-order valence-corrected chi connectivity index (χ4v) is 6.86. The molecule has 0 unspecified atom stereocenters. The van der Waals surface area contributed by atoms with E-state index in [0.717, 1.165) is 26.7 Å². The lowest BCUT2D eigenvalue weighted by Crippen LogP contribution is -2.47. The monoisotopic (exact) mass is 719 g/mol. The minimum atomic E-state index is -1.21. The van der Waals surface area contributed by atoms with E-state index in [9.17, 15) is 24.3 Å². The first kappa shape index (κ1) is 38.2. The van der Waals surface area contributed by atoms with E-state index in [2.05, 4.69) is 20.6 Å². The maximum atomic E-state index is 13.8. The second-order valence-electron chi connectivity index (χ2n) is 12.7. The van der Waals surface area contributed by atoms with Crippen molar-refractivity contribution in [2.75, 3.05) is 7.05 Å². The van der Waals surface area contributed by atoms with Crippen LogP contribution < -0.4 is 10.6 Å². The second kappa shape index (κ2) is 19.5. The first-order chi connectivity index (χ1) is 24.0. The molecule has 2 aromatic carbocycles. The van der Waals surface area contributed by atoms with E-state index in [4.69, 9.17) is 4.74 Å². The molecule has 0 aliphatic carbocycles. The van der Waals surface area contributed by atoms with Gasteiger partial charge >= 0.3 is 18.1 Å². The van der Waals surface area contributed by atoms with Crippen molar-refractivity contribution >= 4 is 46.6 Å². The highest BCUT2D eigenvalue weighted by molar-refractivity contribution is 7.09. The van der Waals surface area contributed by atoms with E-state index in [-0.39, 0.29) is 43.2 Å². The van der Waals surface area contributed by atoms with Gasteiger partial charge in [0.1, 0.15) is 6.61 Å². The summed E-state index contributed by atoms with van der Waals surface area (Å²) in [6.07, 6.45) is 2.86. The third-order valence-corrected chi connectivity index (χ3v) is 10.1. The van der Waals surface area contributed by atoms with Crippen LogP contribution in [0, 0.1) is 5.92 Å². The molecule has 0 aliphatic heterocycles. The third-order valence-electron chi connectivity index (χ3n) is 8.13. The van der Waals surface area contributed by atoms with Crippen LogP contribution in [-0.4, -0.2) is 63.0 Å². The number of alkyl carbamates (subject to hydrolysis) is 1. The fraction of sp³-hybridized carbons (Fsp3) is 0.405. The Balaban J connectivity index is 1.44. The number of aromatic nitrogens is 2. The van der Waals surface area contributed by atoms with Gasteiger partial charge in [0.25, 0.3) is 0 Å². The lowest BCUT2D eigenvalue weighted by Gasteiger charge is -2.25. The highest BCUT2D eigenvalue weighted by Gasteiger charge is 2.28. The molecule has 3 N–H and O–H groups in total. The van der Waals surface area contributed by atoms with Gasteiger partial charge in [-0.25, -0.2) is 14.6 Å². The van der Waals surface area contributed by atoms with Crippen LogP contribution in [0.15, 0.2) is 77.8 Å². The number of ketones is 1. The van der Waals surface area contributed by atoms with Crippen molar-refractivity contribution in [1.82, 2.24) is 25.5 Å². The molecule has 3 atom stereocenters. The van der Waals surface area contributed by atoms with E-state index < -0.39 is 30.6 Å². The van der Waals surface area contributed by atoms with Crippen molar-refractivity contribution in [3.63, 3.8) is 0 Å². The van der Waals surface area contributed by atoms with Crippen LogP contribution in [0.4, 0.5) is 9.59 Å². The summed E-state index contributed by atoms with van der Waals surface area (Å²) >= 11 is 2.93. The summed E-state index contributed by atoms with van der Waals surface area (Å²) in [6, 6.07) is 17.5. The molecule has 2 heterocycles. The molecular formula is C37H45N5O6S2. The summed E-state index contributed by atoms with van der Waals surface area (Å²) in [4.78, 5) is 62.5. The number of thiazole rings is 2. The van der Waals surface area contributed by atoms with E-state index in [1.54, 1.807) is 18.8 Å². The smallest absolute Gasteiger partial charge is 0.407 e. The topological polar surface area (TPSA) is 151 Å². The average molecular weight is 720 g/mol. The van der Waals surface area contributed by atoms with Crippen LogP contribution in [0.2, 0.25) is 0 Å². The summed E-state index contributed by atoms with van der Waals surface area (Å²) in [5, 5.41) is 18.2. The molecule has 0 saturated carbocycles. The minimum absolute atomic E-state index is 0.0501. The minimum Gasteiger partial charge on any atom is -0.481 e. The second-order valence-corrected chi connectivity index (χ2v) is 14.5. The fourth-order valence-electron chi connectivity index (χ4n) is 5.52. The number of carbonyl (C=O) groups excluding carboxylic acids is 3. The number of carboxylic acid groups (broad SMARTS) is 1. The number of rotatable bonds is 19. The number of carbonyl (C=O) groups is 4. The largest absolute Gasteiger partial charge is 0.481 e. The Morgan fingerprint density at radius 1 is 0.900 bits per heavy atom. The van der Waals surface area contributed by atoms with Crippen LogP contribution in [0.3, 0.4) is 0 Å². The highest BCUT2D eigenvalue weighted by atomic mass is 32.1. The summed E-state index contributed by atoms with van der Waals surface area (Å²) in [6.45, 7) is 4.44. The van der Waals surface area contributed by atoms with Crippen LogP contribution in [0.1, 0.15) is 72.2 Å². The number of benzene rings is 2. The molecule has 0 saturated heterocycles. The molecule has 266 valence electrons. The molecule has 50 heavy (non-hydrogen) atoms. The number of urea groups is 1. The molecule has 11 nitrogen and oxygen atoms in total. The molecule has 4 rings (SSSR count). The molecular weight excluding hydrogens is 675 g/mol. The molecule has 0 radical (unpaired) electrons. The molecule has 2 aromatic heterocycles. The van der Waals surface area contributed by atoms with Gasteiger partial charge in [-0.05, 0) is 42.7 Å². The predicted molar refractivity (Wildman–Crippen MR) is 194 cm³/mol. The third kappa shape index (κ3) is 13.0. The van der Waals surface area contributed by atoms with Crippen molar-refractivity contribution in [3.8, 4) is 0 Å². The van der Waals surface area contributed by atoms with E-state index in [1.807, 2.05) is 79.9 Å². The standard InChI is InChI=1S/C37H45N5O6S2/c1-25(2)35-39-30(23-49-35)21-42(3)36(46)41-32(19-34(44)45)33(43)18-28(16-26-10-6-4-7-11-26)14-15-29(17-27-12-8-5-9-13-27)40-37(47)48-22-31-20-38-24-50-31/h4-13,20,23-25,28-29,32H,14-19,21-22H2,1-3H3,(H,40,47)(H,41,46)(H,44,45)/t28-,29-,32+/m1/s1. The van der Waals surface area contributed by atoms with Gasteiger partial charge in [0.15, 0.2) is 5.78 Å². The van der Waals surface area contributed by atoms with Crippen molar-refractivity contribution in [3.05, 3.63) is 104 Å². The van der Waals surface area contributed by atoms with Crippen LogP contribution >= 0.6 is 22.7 Å². The van der Waals surface area contributed by atoms with Crippen molar-refractivity contribution in [1.29, 1.82) is 0 Å². The molecule has 0 spiro atoms. The summed E-state index contributed by atoms with van der Waals surface area (Å²) in [5.74, 6) is -1.46. The van der Waals surface area contributed by atoms with Gasteiger partial charge in [-0.15, -0.1) is 22.7 Å². The summed E-state index contributed by atoms with van der Waals surface area (Å²) < 4.78 is 5.46. The molecule has 3 amide bonds. The predicted octanol–water partition coefficient (Wildman–Crippen LogP) is 6.84. The molecule has 4 aromatic rings. The Bertz CT molecular complexity index is 1650. The Morgan fingerprint density at radius 2 is 1.58 bits per heavy atom. The number of aliphatic carboxylic acids is 1. The Hall–Kier alpha value is -4.62. The number of amides is 3. The van der Waals surface area contributed by atoms with Crippen LogP contribution in [0.5, 0.6) is 0 Å². The number of hydrogen-bond acceptors (Lipinski definition) is 9. The van der Waals surface area contributed by atoms with Gasteiger partial charge in [-0.3, -0.25) is 14.6 Å². The Labute approximate surface area is 301 Å². The van der Waals surface area contributed by atoms with Gasteiger partial charge in [0.05, 0.1) is 40.1 Å². The number of Topliss-reactive ketones (excluding diaryl/α,β-unsaturated/α-hetero) is 1. The highest BCUT2D eigenvalue weighted by Crippen LogP contribution is 2.23. The maximum Gasteiger partial charge on any atom is 0.407 e. The zero-order valence-electron chi connectivity index (χ0n) is 28.6. The van der Waals surface area contributed by atoms with Gasteiger partial charge in [0.2, 0.25) is 0 Å². The zero-order chi connectivity index (χ0) is 35.9. The molecule has 13 heteroatoms. The van der Waals surface area contributed by atoms with Crippen molar-refractivity contribution in [2.45, 2.75) is 83.5 Å². The maximum absolute atomic E-state index is 13.8. The average Bonchev–Trinajstić information content (AvgIpc) is 3.79. The summed E-state index contributed by atoms with van der Waals surface area (Å²) in [7, 11) is 1.59. The SMILES string of the molecule is CC(C)c1nc(CN(C)C(=O)N[C@@H](CC(=O)O)C(=O)C[C@H](CC[C@H](Cc2ccccc2)NC(=O)OCc2cncs2)Cc2ccccc2)cs1. The van der Waals surface area contributed by atoms with Crippen LogP contribution in [0.25, 0.3) is 0 Å². The first-order valence-electron chi connectivity index (χ1n) is 16.6. The van der Waals surface area contributed by atoms with Gasteiger partial charge in [-0.2, -0.15) is 0 Å². The van der Waals surface area contributed by atoms with E-state index >= 15 is 0 Å². The summed E-state index contributed by atoms with van der Waals surface area (Å²) in [5.41, 5.74) is 4.48. The number of carboxylic acids is 1. The van der Waals surface area contributed by atoms with Crippen LogP contribution in [-0.2, 0) is 40.3 Å². The number of ether oxygens (including phenoxy) is 1. The van der Waals surface area contributed by atoms with Gasteiger partial charge in [0, 0.05) is 37.0 Å². The number of hydrogen-bond donors (Lipinski definition) is 3. The zero-order valence-corrected chi connectivity index (χ0v) is 30.3. The molecule has 0 bridgehead atoms. The molecule has 0 fully saturated rings. The molecule has 0 aliphatic rings. The van der Waals surface area contributed by atoms with E-state index in [0.29, 0.717) is 25.7 Å². The first-order valence-corrected chi connectivity index (χ1v) is 18.4. The Kier molecular flexibility index (Phi) is 14.9. The number of nitrogens with one attached hydrogen (secondary N) is 2. The van der Waals surface area contributed by atoms with Crippen molar-refractivity contribution in [2.24, 2.45) is 5.92 Å². The number of nitrogens with zero attached hydrogens (tertiary/aromatic N) is 3. The lowest BCUT2D eigenvalue weighted by molar-refractivity contribution is -0.139. The van der Waals surface area contributed by atoms with E-state index in [1.165, 1.54) is 27.6 Å². The van der Waals surface area contributed by atoms with Gasteiger partial charge in [-0.1, -0.05) is 74.5 Å². The lowest BCUT2D eigenvalue weighted by atomic mass is 9.86. The van der Waals surface area contributed by atoms with Gasteiger partial charge < -0.3 is 25.4 Å². The van der Waals surface area contributed by atoms with Crippen molar-refractivity contribution < 1.29 is 29.0 Å². The Morgan fingerprint density at radius 3 is 2.18 bits per heavy atom. The normalized spacial score (nSPS) is 12.9.